The summed E-state index contributed by atoms with van der Waals surface area (Å²) in [5, 5.41) is 8.21. The van der Waals surface area contributed by atoms with E-state index in [4.69, 9.17) is 14.3 Å². The zero-order valence-corrected chi connectivity index (χ0v) is 7.97. The second-order valence-corrected chi connectivity index (χ2v) is 3.91. The predicted octanol–water partition coefficient (Wildman–Crippen LogP) is 1.35. The van der Waals surface area contributed by atoms with E-state index in [1.807, 2.05) is 24.8 Å². The van der Waals surface area contributed by atoms with Crippen LogP contribution in [0.2, 0.25) is 0 Å². The van der Waals surface area contributed by atoms with Crippen LogP contribution in [-0.4, -0.2) is 32.5 Å². The van der Waals surface area contributed by atoms with Crippen LogP contribution < -0.4 is 0 Å². The Kier molecular flexibility index (Phi) is 6.39. The molecule has 0 aromatic carbocycles. The van der Waals surface area contributed by atoms with Crippen LogP contribution in [0.3, 0.4) is 0 Å². The molecule has 64 valence electrons. The summed E-state index contributed by atoms with van der Waals surface area (Å²) in [6, 6.07) is 2.00. The number of nitrogens with zero attached hydrogens (tertiary/aromatic N) is 2. The Morgan fingerprint density at radius 2 is 2.18 bits per heavy atom. The number of hydrogen-bond donors (Lipinski definition) is 0. The molecule has 1 unspecified atom stereocenters. The summed E-state index contributed by atoms with van der Waals surface area (Å²) in [6.45, 7) is 0.439. The quantitative estimate of drug-likeness (QED) is 0.468. The third-order valence-electron chi connectivity index (χ3n) is 0.898. The Balaban J connectivity index is 3.46. The maximum atomic E-state index is 8.21. The third kappa shape index (κ3) is 5.11. The molecule has 5 heteroatoms. The summed E-state index contributed by atoms with van der Waals surface area (Å²) in [7, 11) is 4.40. The van der Waals surface area contributed by atoms with Gasteiger partial charge in [-0.2, -0.15) is 5.26 Å². The van der Waals surface area contributed by atoms with Crippen LogP contribution in [0.1, 0.15) is 6.42 Å². The molecule has 0 fully saturated rings. The summed E-state index contributed by atoms with van der Waals surface area (Å²) in [5.74, 6) is 0. The van der Waals surface area contributed by atoms with E-state index in [9.17, 15) is 0 Å². The van der Waals surface area contributed by atoms with Crippen molar-refractivity contribution in [3.63, 3.8) is 0 Å². The van der Waals surface area contributed by atoms with E-state index < -0.39 is 8.53 Å². The molecule has 0 heterocycles. The van der Waals surface area contributed by atoms with Crippen LogP contribution in [0, 0.1) is 11.3 Å². The Hall–Kier alpha value is -0.200. The van der Waals surface area contributed by atoms with Crippen molar-refractivity contribution in [2.45, 2.75) is 6.42 Å². The Labute approximate surface area is 68.7 Å². The lowest BCUT2D eigenvalue weighted by molar-refractivity contribution is 0.256. The largest absolute Gasteiger partial charge is 0.325 e. The molecular formula is C6H13N2O2P. The minimum absolute atomic E-state index is 0.413. The van der Waals surface area contributed by atoms with E-state index in [-0.39, 0.29) is 0 Å². The highest BCUT2D eigenvalue weighted by Crippen LogP contribution is 2.38. The average molecular weight is 176 g/mol. The first kappa shape index (κ1) is 10.8. The smallest absolute Gasteiger partial charge is 0.257 e. The maximum absolute atomic E-state index is 8.21. The fourth-order valence-corrected chi connectivity index (χ4v) is 1.41. The lowest BCUT2D eigenvalue weighted by Crippen LogP contribution is -2.08. The molecule has 0 bridgehead atoms. The van der Waals surface area contributed by atoms with E-state index in [2.05, 4.69) is 0 Å². The highest BCUT2D eigenvalue weighted by atomic mass is 31.2. The summed E-state index contributed by atoms with van der Waals surface area (Å²) in [6.07, 6.45) is 0.413. The molecular weight excluding hydrogens is 163 g/mol. The molecule has 0 aliphatic heterocycles. The van der Waals surface area contributed by atoms with Crippen molar-refractivity contribution in [3.05, 3.63) is 0 Å². The second kappa shape index (κ2) is 6.51. The molecule has 0 aliphatic carbocycles. The van der Waals surface area contributed by atoms with Crippen molar-refractivity contribution < 1.29 is 9.05 Å². The van der Waals surface area contributed by atoms with Gasteiger partial charge in [0, 0.05) is 7.11 Å². The third-order valence-corrected chi connectivity index (χ3v) is 2.27. The van der Waals surface area contributed by atoms with Gasteiger partial charge < -0.3 is 9.05 Å². The summed E-state index contributed by atoms with van der Waals surface area (Å²) >= 11 is 0. The lowest BCUT2D eigenvalue weighted by Gasteiger charge is -2.19. The van der Waals surface area contributed by atoms with Gasteiger partial charge in [0.2, 0.25) is 0 Å². The van der Waals surface area contributed by atoms with E-state index in [0.717, 1.165) is 0 Å². The molecule has 0 radical (unpaired) electrons. The molecule has 1 atom stereocenters. The minimum atomic E-state index is -0.947. The summed E-state index contributed by atoms with van der Waals surface area (Å²) in [5.41, 5.74) is 0. The normalized spacial score (nSPS) is 13.0. The van der Waals surface area contributed by atoms with Crippen molar-refractivity contribution in [3.8, 4) is 6.07 Å². The van der Waals surface area contributed by atoms with Gasteiger partial charge in [0.15, 0.2) is 0 Å². The van der Waals surface area contributed by atoms with E-state index >= 15 is 0 Å². The van der Waals surface area contributed by atoms with Crippen molar-refractivity contribution in [2.24, 2.45) is 0 Å². The topological polar surface area (TPSA) is 45.5 Å². The zero-order chi connectivity index (χ0) is 8.69. The van der Waals surface area contributed by atoms with Gasteiger partial charge in [0.05, 0.1) is 19.1 Å². The van der Waals surface area contributed by atoms with Gasteiger partial charge in [0.1, 0.15) is 0 Å². The van der Waals surface area contributed by atoms with Gasteiger partial charge in [-0.15, -0.1) is 0 Å². The Morgan fingerprint density at radius 1 is 1.55 bits per heavy atom. The Bertz CT molecular complexity index is 135. The SMILES string of the molecule is COP(OCCC#N)N(C)C. The summed E-state index contributed by atoms with van der Waals surface area (Å²) < 4.78 is 12.1. The molecule has 0 N–H and O–H groups in total. The second-order valence-electron chi connectivity index (χ2n) is 2.01. The number of rotatable bonds is 5. The van der Waals surface area contributed by atoms with Gasteiger partial charge >= 0.3 is 0 Å². The average Bonchev–Trinajstić information content (AvgIpc) is 1.97. The minimum Gasteiger partial charge on any atom is -0.325 e. The number of nitriles is 1. The lowest BCUT2D eigenvalue weighted by atomic mass is 10.5. The number of hydrogen-bond acceptors (Lipinski definition) is 4. The van der Waals surface area contributed by atoms with Crippen LogP contribution in [0.5, 0.6) is 0 Å². The van der Waals surface area contributed by atoms with Gasteiger partial charge in [-0.05, 0) is 14.1 Å². The fraction of sp³-hybridized carbons (Fsp3) is 0.833. The first-order chi connectivity index (χ1) is 5.22. The highest BCUT2D eigenvalue weighted by molar-refractivity contribution is 7.44. The van der Waals surface area contributed by atoms with Crippen molar-refractivity contribution in [1.82, 2.24) is 4.67 Å². The van der Waals surface area contributed by atoms with Crippen LogP contribution >= 0.6 is 8.53 Å². The van der Waals surface area contributed by atoms with Crippen LogP contribution in [0.25, 0.3) is 0 Å². The molecule has 0 saturated carbocycles. The van der Waals surface area contributed by atoms with Crippen LogP contribution in [0.4, 0.5) is 0 Å². The molecule has 0 aliphatic rings. The van der Waals surface area contributed by atoms with Crippen molar-refractivity contribution >= 4 is 8.53 Å². The molecule has 0 amide bonds. The van der Waals surface area contributed by atoms with Gasteiger partial charge in [-0.3, -0.25) is 0 Å². The molecule has 4 nitrogen and oxygen atoms in total. The summed E-state index contributed by atoms with van der Waals surface area (Å²) in [4.78, 5) is 0. The zero-order valence-electron chi connectivity index (χ0n) is 7.07. The molecule has 0 saturated heterocycles. The molecule has 0 aromatic rings. The first-order valence-electron chi connectivity index (χ1n) is 3.23. The predicted molar refractivity (Wildman–Crippen MR) is 43.8 cm³/mol. The molecule has 0 rings (SSSR count). The molecule has 11 heavy (non-hydrogen) atoms. The van der Waals surface area contributed by atoms with Gasteiger partial charge in [-0.25, -0.2) is 4.67 Å². The van der Waals surface area contributed by atoms with E-state index in [1.54, 1.807) is 7.11 Å². The molecule has 0 aromatic heterocycles. The molecule has 0 spiro atoms. The van der Waals surface area contributed by atoms with Crippen LogP contribution in [-0.2, 0) is 9.05 Å². The van der Waals surface area contributed by atoms with E-state index in [0.29, 0.717) is 13.0 Å². The van der Waals surface area contributed by atoms with Crippen molar-refractivity contribution in [2.75, 3.05) is 27.8 Å². The fourth-order valence-electron chi connectivity index (χ4n) is 0.501. The van der Waals surface area contributed by atoms with Crippen molar-refractivity contribution in [1.29, 1.82) is 5.26 Å². The van der Waals surface area contributed by atoms with Gasteiger partial charge in [-0.1, -0.05) is 0 Å². The first-order valence-corrected chi connectivity index (χ1v) is 4.36. The maximum Gasteiger partial charge on any atom is 0.257 e. The standard InChI is InChI=1S/C6H13N2O2P/c1-8(2)11(9-3)10-6-4-5-7/h4,6H2,1-3H3. The highest BCUT2D eigenvalue weighted by Gasteiger charge is 2.10. The Morgan fingerprint density at radius 3 is 2.55 bits per heavy atom. The van der Waals surface area contributed by atoms with Crippen LogP contribution in [0.15, 0.2) is 0 Å². The van der Waals surface area contributed by atoms with E-state index in [1.165, 1.54) is 0 Å². The monoisotopic (exact) mass is 176 g/mol. The van der Waals surface area contributed by atoms with Gasteiger partial charge in [0.25, 0.3) is 8.53 Å².